The number of amides is 1. The van der Waals surface area contributed by atoms with Crippen molar-refractivity contribution in [3.8, 4) is 5.75 Å². The lowest BCUT2D eigenvalue weighted by molar-refractivity contribution is -0.115. The van der Waals surface area contributed by atoms with E-state index < -0.39 is 38.3 Å². The minimum atomic E-state index is -4.02. The van der Waals surface area contributed by atoms with E-state index >= 15 is 0 Å². The third-order valence-corrected chi connectivity index (χ3v) is 13.1. The summed E-state index contributed by atoms with van der Waals surface area (Å²) in [7, 11) is -3.48. The molecule has 2 fully saturated rings. The Morgan fingerprint density at radius 3 is 2.50 bits per heavy atom. The van der Waals surface area contributed by atoms with E-state index in [0.717, 1.165) is 63.5 Å². The summed E-state index contributed by atoms with van der Waals surface area (Å²) in [5, 5.41) is 0.954. The van der Waals surface area contributed by atoms with Crippen LogP contribution >= 0.6 is 0 Å². The van der Waals surface area contributed by atoms with Gasteiger partial charge in [-0.1, -0.05) is 37.5 Å². The highest BCUT2D eigenvalue weighted by Gasteiger charge is 2.47. The molecule has 1 amide bonds. The molecule has 1 unspecified atom stereocenters. The number of morpholine rings is 1. The second-order valence-corrected chi connectivity index (χ2v) is 16.5. The molecule has 248 valence electrons. The van der Waals surface area contributed by atoms with Gasteiger partial charge in [-0.25, -0.2) is 4.72 Å². The maximum atomic E-state index is 13.7. The summed E-state index contributed by atoms with van der Waals surface area (Å²) in [6.45, 7) is 1.58. The lowest BCUT2D eigenvalue weighted by atomic mass is 9.81. The number of nitrogens with zero attached hydrogens (tertiary/aromatic N) is 3. The highest BCUT2D eigenvalue weighted by atomic mass is 32.2. The molecule has 14 heteroatoms. The quantitative estimate of drug-likeness (QED) is 0.440. The van der Waals surface area contributed by atoms with Crippen molar-refractivity contribution in [2.75, 3.05) is 47.5 Å². The van der Waals surface area contributed by atoms with Crippen molar-refractivity contribution in [2.45, 2.75) is 62.9 Å². The normalized spacial score (nSPS) is 24.1. The van der Waals surface area contributed by atoms with E-state index in [2.05, 4.69) is 26.1 Å². The number of methoxy groups -OCH3 is 1. The number of ether oxygens (including phenoxy) is 2. The van der Waals surface area contributed by atoms with Crippen molar-refractivity contribution in [1.82, 2.24) is 22.6 Å². The summed E-state index contributed by atoms with van der Waals surface area (Å²) in [5.74, 6) is -0.00313. The molecule has 7 rings (SSSR count). The van der Waals surface area contributed by atoms with E-state index in [0.29, 0.717) is 43.2 Å². The van der Waals surface area contributed by atoms with Crippen molar-refractivity contribution in [2.24, 2.45) is 0 Å². The third-order valence-electron chi connectivity index (χ3n) is 10.0. The summed E-state index contributed by atoms with van der Waals surface area (Å²) < 4.78 is 73.7. The average molecular weight is 672 g/mol. The summed E-state index contributed by atoms with van der Waals surface area (Å²) in [5.41, 5.74) is 5.84. The Labute approximate surface area is 270 Å². The molecule has 3 heterocycles. The Balaban J connectivity index is 1.39. The molecule has 1 saturated carbocycles. The smallest absolute Gasteiger partial charge is 0.303 e. The molecule has 0 bridgehead atoms. The molecule has 1 saturated heterocycles. The van der Waals surface area contributed by atoms with Gasteiger partial charge in [0.1, 0.15) is 5.75 Å². The molecule has 46 heavy (non-hydrogen) atoms. The van der Waals surface area contributed by atoms with Crippen LogP contribution in [0.1, 0.15) is 61.6 Å². The number of allylic oxidation sites excluding steroid dienone is 2. The van der Waals surface area contributed by atoms with Crippen molar-refractivity contribution in [1.29, 1.82) is 0 Å². The van der Waals surface area contributed by atoms with Gasteiger partial charge >= 0.3 is 10.2 Å². The zero-order valence-electron chi connectivity index (χ0n) is 26.4. The fourth-order valence-electron chi connectivity index (χ4n) is 7.69. The molecule has 2 N–H and O–H groups in total. The number of nitrogens with one attached hydrogen (secondary N) is 2. The molecule has 2 aliphatic heterocycles. The lowest BCUT2D eigenvalue weighted by Gasteiger charge is -2.34. The molecule has 0 radical (unpaired) electrons. The largest absolute Gasteiger partial charge is 0.496 e. The van der Waals surface area contributed by atoms with E-state index in [9.17, 15) is 21.6 Å². The van der Waals surface area contributed by atoms with Crippen molar-refractivity contribution in [3.63, 3.8) is 0 Å². The van der Waals surface area contributed by atoms with Gasteiger partial charge in [0.25, 0.3) is 16.1 Å². The van der Waals surface area contributed by atoms with Gasteiger partial charge in [-0.3, -0.25) is 4.79 Å². The van der Waals surface area contributed by atoms with Gasteiger partial charge in [0, 0.05) is 56.8 Å². The topological polar surface area (TPSA) is 139 Å². The van der Waals surface area contributed by atoms with E-state index in [-0.39, 0.29) is 13.1 Å². The minimum Gasteiger partial charge on any atom is -0.496 e. The summed E-state index contributed by atoms with van der Waals surface area (Å²) in [6, 6.07) is 5.77. The Morgan fingerprint density at radius 1 is 1.07 bits per heavy atom. The Kier molecular flexibility index (Phi) is 8.17. The number of benzene rings is 1. The molecular formula is C32H41N5O7S2. The number of carbonyl (C=O) groups is 1. The van der Waals surface area contributed by atoms with Gasteiger partial charge in [0.15, 0.2) is 0 Å². The molecule has 12 nitrogen and oxygen atoms in total. The van der Waals surface area contributed by atoms with Gasteiger partial charge < -0.3 is 14.0 Å². The van der Waals surface area contributed by atoms with Gasteiger partial charge in [-0.05, 0) is 59.6 Å². The van der Waals surface area contributed by atoms with Gasteiger partial charge in [0.05, 0.1) is 31.4 Å². The standard InChI is InChI=1S/C32H41N5O7S2/c1-35(2)45(39,40)34-32(38)30-24-19-37-26(18-23-27(43-3)13-12-21(31(23)37)20-8-5-4-6-9-20)29-22(28(24)30)10-7-11-25(29)33-46(41,42)36-14-16-44-17-15-36/h7,10,12-13,18,20,25,29,33H,4-6,8-9,11,14-17,19H2,1-3H3,(H,34,38)/t25-,29?/m1/s1. The van der Waals surface area contributed by atoms with Crippen LogP contribution in [0.3, 0.4) is 0 Å². The van der Waals surface area contributed by atoms with Crippen molar-refractivity contribution < 1.29 is 31.1 Å². The summed E-state index contributed by atoms with van der Waals surface area (Å²) >= 11 is 0. The van der Waals surface area contributed by atoms with Gasteiger partial charge in [-0.15, -0.1) is 0 Å². The average Bonchev–Trinajstić information content (AvgIpc) is 3.67. The second-order valence-electron chi connectivity index (χ2n) is 12.9. The van der Waals surface area contributed by atoms with Crippen LogP contribution in [0.4, 0.5) is 0 Å². The first kappa shape index (κ1) is 31.6. The molecule has 3 aliphatic carbocycles. The first-order chi connectivity index (χ1) is 22.0. The number of rotatable bonds is 8. The third kappa shape index (κ3) is 5.42. The zero-order chi connectivity index (χ0) is 32.4. The molecule has 1 aromatic carbocycles. The first-order valence-electron chi connectivity index (χ1n) is 16.0. The van der Waals surface area contributed by atoms with Crippen molar-refractivity contribution >= 4 is 37.2 Å². The highest BCUT2D eigenvalue weighted by Crippen LogP contribution is 2.54. The van der Waals surface area contributed by atoms with Crippen LogP contribution in [0.5, 0.6) is 5.75 Å². The van der Waals surface area contributed by atoms with Crippen LogP contribution in [0.25, 0.3) is 10.9 Å². The maximum Gasteiger partial charge on any atom is 0.303 e. The van der Waals surface area contributed by atoms with E-state index in [1.807, 2.05) is 18.2 Å². The fraction of sp³-hybridized carbons (Fsp3) is 0.531. The monoisotopic (exact) mass is 671 g/mol. The lowest BCUT2D eigenvalue weighted by Crippen LogP contribution is -2.51. The maximum absolute atomic E-state index is 13.7. The van der Waals surface area contributed by atoms with Gasteiger partial charge in [0.2, 0.25) is 0 Å². The van der Waals surface area contributed by atoms with Crippen LogP contribution in [-0.4, -0.2) is 89.5 Å². The number of hydrogen-bond donors (Lipinski definition) is 2. The molecular weight excluding hydrogens is 631 g/mol. The molecule has 2 atom stereocenters. The van der Waals surface area contributed by atoms with Crippen LogP contribution in [0.2, 0.25) is 0 Å². The molecule has 1 aromatic heterocycles. The van der Waals surface area contributed by atoms with Crippen molar-refractivity contribution in [3.05, 3.63) is 63.9 Å². The van der Waals surface area contributed by atoms with E-state index in [1.165, 1.54) is 30.4 Å². The van der Waals surface area contributed by atoms with Crippen LogP contribution in [0.15, 0.2) is 52.6 Å². The number of hydrogen-bond acceptors (Lipinski definition) is 7. The Hall–Kier alpha value is -3.01. The number of fused-ring (bicyclic) bond motifs is 6. The van der Waals surface area contributed by atoms with Gasteiger partial charge in [-0.2, -0.15) is 30.2 Å². The first-order valence-corrected chi connectivity index (χ1v) is 18.8. The second kappa shape index (κ2) is 11.9. The van der Waals surface area contributed by atoms with Crippen LogP contribution in [0, 0.1) is 0 Å². The Bertz CT molecular complexity index is 1900. The summed E-state index contributed by atoms with van der Waals surface area (Å²) in [4.78, 5) is 13.5. The predicted molar refractivity (Wildman–Crippen MR) is 174 cm³/mol. The molecule has 5 aliphatic rings. The fourth-order valence-corrected chi connectivity index (χ4v) is 9.61. The van der Waals surface area contributed by atoms with Crippen LogP contribution in [-0.2, 0) is 36.5 Å². The molecule has 2 aromatic rings. The zero-order valence-corrected chi connectivity index (χ0v) is 28.0. The predicted octanol–water partition coefficient (Wildman–Crippen LogP) is 2.82. The van der Waals surface area contributed by atoms with E-state index in [1.54, 1.807) is 7.11 Å². The SMILES string of the molecule is COc1ccc(C2CCCCC2)c2c1cc1n2CC2=C(C(=O)NS(=O)(=O)N(C)C)C2=C2C=CC[C@@H](NS(=O)(=O)N3CCOCC3)C21. The minimum absolute atomic E-state index is 0.273. The highest BCUT2D eigenvalue weighted by molar-refractivity contribution is 7.87. The van der Waals surface area contributed by atoms with Crippen LogP contribution < -0.4 is 14.2 Å². The Morgan fingerprint density at radius 2 is 1.80 bits per heavy atom. The van der Waals surface area contributed by atoms with E-state index in [4.69, 9.17) is 9.47 Å². The number of carbonyl (C=O) groups excluding carboxylic acids is 1. The molecule has 0 spiro atoms. The number of aromatic nitrogens is 1. The summed E-state index contributed by atoms with van der Waals surface area (Å²) in [6.07, 6.45) is 10.1.